The first-order valence-electron chi connectivity index (χ1n) is 6.58. The van der Waals surface area contributed by atoms with Gasteiger partial charge in [-0.1, -0.05) is 0 Å². The minimum atomic E-state index is 0.731. The van der Waals surface area contributed by atoms with Crippen LogP contribution in [0.25, 0.3) is 0 Å². The molecule has 1 aliphatic heterocycles. The molecule has 0 aromatic rings. The van der Waals surface area contributed by atoms with Crippen molar-refractivity contribution in [2.45, 2.75) is 32.2 Å². The third kappa shape index (κ3) is 2.74. The fourth-order valence-electron chi connectivity index (χ4n) is 3.12. The molecule has 1 N–H and O–H groups in total. The van der Waals surface area contributed by atoms with Gasteiger partial charge in [-0.3, -0.25) is 0 Å². The maximum Gasteiger partial charge on any atom is 0.0155 e. The average molecular weight is 242 g/mol. The zero-order valence-corrected chi connectivity index (χ0v) is 11.8. The van der Waals surface area contributed by atoms with E-state index >= 15 is 0 Å². The number of nitrogens with zero attached hydrogens (tertiary/aromatic N) is 1. The van der Waals surface area contributed by atoms with Crippen molar-refractivity contribution < 1.29 is 0 Å². The third-order valence-corrected chi connectivity index (χ3v) is 5.44. The fourth-order valence-corrected chi connectivity index (χ4v) is 3.86. The van der Waals surface area contributed by atoms with Crippen LogP contribution in [0.15, 0.2) is 0 Å². The van der Waals surface area contributed by atoms with Gasteiger partial charge in [0.2, 0.25) is 0 Å². The Bertz CT molecular complexity index is 226. The predicted molar refractivity (Wildman–Crippen MR) is 73.1 cm³/mol. The SMILES string of the molecule is CSCC(C)N(C)CC1CC12CCNCC2. The van der Waals surface area contributed by atoms with E-state index in [0.29, 0.717) is 0 Å². The molecule has 0 bridgehead atoms. The largest absolute Gasteiger partial charge is 0.317 e. The highest BCUT2D eigenvalue weighted by atomic mass is 32.2. The summed E-state index contributed by atoms with van der Waals surface area (Å²) in [6, 6.07) is 0.731. The summed E-state index contributed by atoms with van der Waals surface area (Å²) in [5.74, 6) is 2.25. The highest BCUT2D eigenvalue weighted by molar-refractivity contribution is 7.98. The molecule has 94 valence electrons. The van der Waals surface area contributed by atoms with Gasteiger partial charge in [-0.25, -0.2) is 0 Å². The number of hydrogen-bond acceptors (Lipinski definition) is 3. The van der Waals surface area contributed by atoms with Crippen molar-refractivity contribution in [2.24, 2.45) is 11.3 Å². The van der Waals surface area contributed by atoms with Gasteiger partial charge in [-0.2, -0.15) is 11.8 Å². The van der Waals surface area contributed by atoms with Gasteiger partial charge in [-0.05, 0) is 63.9 Å². The van der Waals surface area contributed by atoms with E-state index in [-0.39, 0.29) is 0 Å². The molecule has 0 amide bonds. The van der Waals surface area contributed by atoms with Crippen molar-refractivity contribution in [3.05, 3.63) is 0 Å². The van der Waals surface area contributed by atoms with Gasteiger partial charge in [0, 0.05) is 18.3 Å². The molecule has 1 spiro atoms. The summed E-state index contributed by atoms with van der Waals surface area (Å²) < 4.78 is 0. The summed E-state index contributed by atoms with van der Waals surface area (Å²) in [5, 5.41) is 3.48. The summed E-state index contributed by atoms with van der Waals surface area (Å²) in [4.78, 5) is 2.57. The highest BCUT2D eigenvalue weighted by Crippen LogP contribution is 2.58. The molecule has 3 heteroatoms. The smallest absolute Gasteiger partial charge is 0.0155 e. The molecular weight excluding hydrogens is 216 g/mol. The molecule has 1 aliphatic carbocycles. The molecule has 1 saturated heterocycles. The van der Waals surface area contributed by atoms with Crippen LogP contribution in [-0.2, 0) is 0 Å². The van der Waals surface area contributed by atoms with Gasteiger partial charge in [0.15, 0.2) is 0 Å². The van der Waals surface area contributed by atoms with Crippen LogP contribution in [0.3, 0.4) is 0 Å². The van der Waals surface area contributed by atoms with Crippen LogP contribution in [0.2, 0.25) is 0 Å². The Hall–Kier alpha value is 0.270. The second-order valence-electron chi connectivity index (χ2n) is 5.76. The van der Waals surface area contributed by atoms with Gasteiger partial charge in [0.05, 0.1) is 0 Å². The molecule has 2 nitrogen and oxygen atoms in total. The van der Waals surface area contributed by atoms with Crippen molar-refractivity contribution >= 4 is 11.8 Å². The van der Waals surface area contributed by atoms with E-state index in [0.717, 1.165) is 17.4 Å². The van der Waals surface area contributed by atoms with E-state index in [1.165, 1.54) is 44.6 Å². The lowest BCUT2D eigenvalue weighted by molar-refractivity contribution is 0.231. The lowest BCUT2D eigenvalue weighted by Gasteiger charge is -2.28. The Morgan fingerprint density at radius 3 is 2.75 bits per heavy atom. The molecule has 0 radical (unpaired) electrons. The van der Waals surface area contributed by atoms with Gasteiger partial charge >= 0.3 is 0 Å². The Balaban J connectivity index is 1.75. The van der Waals surface area contributed by atoms with E-state index in [1.807, 2.05) is 11.8 Å². The van der Waals surface area contributed by atoms with Crippen LogP contribution >= 0.6 is 11.8 Å². The number of piperidine rings is 1. The topological polar surface area (TPSA) is 15.3 Å². The molecule has 16 heavy (non-hydrogen) atoms. The van der Waals surface area contributed by atoms with E-state index in [9.17, 15) is 0 Å². The van der Waals surface area contributed by atoms with Crippen molar-refractivity contribution in [3.8, 4) is 0 Å². The van der Waals surface area contributed by atoms with Gasteiger partial charge in [-0.15, -0.1) is 0 Å². The quantitative estimate of drug-likeness (QED) is 0.794. The molecule has 1 heterocycles. The van der Waals surface area contributed by atoms with Gasteiger partial charge < -0.3 is 10.2 Å². The average Bonchev–Trinajstić information content (AvgIpc) is 2.92. The standard InChI is InChI=1S/C13H26N2S/c1-11(10-16-3)15(2)9-12-8-13(12)4-6-14-7-5-13/h11-12,14H,4-10H2,1-3H3. The molecular formula is C13H26N2S. The second kappa shape index (κ2) is 5.28. The number of nitrogens with one attached hydrogen (secondary N) is 1. The van der Waals surface area contributed by atoms with Gasteiger partial charge in [0.1, 0.15) is 0 Å². The maximum atomic E-state index is 3.48. The van der Waals surface area contributed by atoms with Gasteiger partial charge in [0.25, 0.3) is 0 Å². The molecule has 0 aromatic heterocycles. The normalized spacial score (nSPS) is 29.6. The van der Waals surface area contributed by atoms with Crippen LogP contribution in [0.5, 0.6) is 0 Å². The second-order valence-corrected chi connectivity index (χ2v) is 6.67. The zero-order valence-electron chi connectivity index (χ0n) is 11.0. The summed E-state index contributed by atoms with van der Waals surface area (Å²) in [6.07, 6.45) is 6.53. The number of rotatable bonds is 5. The summed E-state index contributed by atoms with van der Waals surface area (Å²) in [5.41, 5.74) is 0.749. The Morgan fingerprint density at radius 1 is 1.44 bits per heavy atom. The predicted octanol–water partition coefficient (Wildman–Crippen LogP) is 2.06. The Labute approximate surface area is 105 Å². The molecule has 2 atom stereocenters. The molecule has 2 fully saturated rings. The Morgan fingerprint density at radius 2 is 2.12 bits per heavy atom. The maximum absolute atomic E-state index is 3.48. The van der Waals surface area contributed by atoms with Crippen molar-refractivity contribution in [1.29, 1.82) is 0 Å². The molecule has 2 unspecified atom stereocenters. The van der Waals surface area contributed by atoms with E-state index in [2.05, 4.69) is 30.4 Å². The highest BCUT2D eigenvalue weighted by Gasteiger charge is 2.53. The first kappa shape index (κ1) is 12.7. The summed E-state index contributed by atoms with van der Waals surface area (Å²) in [7, 11) is 2.30. The minimum absolute atomic E-state index is 0.731. The molecule has 1 saturated carbocycles. The zero-order chi connectivity index (χ0) is 11.6. The number of thioether (sulfide) groups is 1. The third-order valence-electron chi connectivity index (χ3n) is 4.63. The van der Waals surface area contributed by atoms with Crippen LogP contribution in [0.4, 0.5) is 0 Å². The van der Waals surface area contributed by atoms with Crippen molar-refractivity contribution in [2.75, 3.05) is 38.7 Å². The minimum Gasteiger partial charge on any atom is -0.317 e. The molecule has 2 rings (SSSR count). The van der Waals surface area contributed by atoms with Crippen LogP contribution in [-0.4, -0.2) is 49.6 Å². The van der Waals surface area contributed by atoms with Crippen molar-refractivity contribution in [3.63, 3.8) is 0 Å². The lowest BCUT2D eigenvalue weighted by atomic mass is 9.92. The van der Waals surface area contributed by atoms with Crippen LogP contribution < -0.4 is 5.32 Å². The monoisotopic (exact) mass is 242 g/mol. The molecule has 0 aromatic carbocycles. The van der Waals surface area contributed by atoms with E-state index < -0.39 is 0 Å². The van der Waals surface area contributed by atoms with E-state index in [4.69, 9.17) is 0 Å². The first-order chi connectivity index (χ1) is 7.68. The Kier molecular flexibility index (Phi) is 4.20. The first-order valence-corrected chi connectivity index (χ1v) is 7.97. The van der Waals surface area contributed by atoms with Crippen LogP contribution in [0, 0.1) is 11.3 Å². The number of hydrogen-bond donors (Lipinski definition) is 1. The molecule has 2 aliphatic rings. The van der Waals surface area contributed by atoms with Crippen LogP contribution in [0.1, 0.15) is 26.2 Å². The van der Waals surface area contributed by atoms with Crippen molar-refractivity contribution in [1.82, 2.24) is 10.2 Å². The summed E-state index contributed by atoms with van der Waals surface area (Å²) in [6.45, 7) is 6.18. The summed E-state index contributed by atoms with van der Waals surface area (Å²) >= 11 is 1.96. The van der Waals surface area contributed by atoms with E-state index in [1.54, 1.807) is 0 Å². The lowest BCUT2D eigenvalue weighted by Crippen LogP contribution is -2.35. The fraction of sp³-hybridized carbons (Fsp3) is 1.00.